The van der Waals surface area contributed by atoms with Crippen molar-refractivity contribution < 1.29 is 29.3 Å². The van der Waals surface area contributed by atoms with Gasteiger partial charge in [-0.2, -0.15) is 0 Å². The number of amides is 1. The number of rotatable bonds is 9. The van der Waals surface area contributed by atoms with Crippen LogP contribution < -0.4 is 10.1 Å². The van der Waals surface area contributed by atoms with Gasteiger partial charge < -0.3 is 20.3 Å². The molecule has 35 heavy (non-hydrogen) atoms. The molecule has 3 N–H and O–H groups in total. The van der Waals surface area contributed by atoms with E-state index in [2.05, 4.69) is 5.32 Å². The first-order valence-corrected chi connectivity index (χ1v) is 10.7. The quantitative estimate of drug-likeness (QED) is 0.312. The topological polar surface area (TPSA) is 113 Å². The summed E-state index contributed by atoms with van der Waals surface area (Å²) in [5.41, 5.74) is 2.25. The Morgan fingerprint density at radius 3 is 1.97 bits per heavy atom. The van der Waals surface area contributed by atoms with Gasteiger partial charge in [-0.3, -0.25) is 14.4 Å². The number of hydrogen-bond donors (Lipinski definition) is 3. The fourth-order valence-electron chi connectivity index (χ4n) is 3.26. The maximum Gasteiger partial charge on any atom is 0.243 e. The van der Waals surface area contributed by atoms with Crippen molar-refractivity contribution in [1.29, 1.82) is 0 Å². The summed E-state index contributed by atoms with van der Waals surface area (Å²) in [5.74, 6) is -3.48. The minimum Gasteiger partial charge on any atom is -0.508 e. The largest absolute Gasteiger partial charge is 0.508 e. The number of aromatic hydroxyl groups is 2. The zero-order chi connectivity index (χ0) is 25.4. The summed E-state index contributed by atoms with van der Waals surface area (Å²) in [7, 11) is 1.40. The van der Waals surface area contributed by atoms with Gasteiger partial charge in [-0.05, 0) is 72.2 Å². The minimum absolute atomic E-state index is 0.0547. The lowest BCUT2D eigenvalue weighted by molar-refractivity contribution is -0.134. The molecule has 0 radical (unpaired) electrons. The number of anilines is 1. The first-order chi connectivity index (χ1) is 16.8. The molecule has 0 heterocycles. The highest BCUT2D eigenvalue weighted by Crippen LogP contribution is 2.27. The van der Waals surface area contributed by atoms with Gasteiger partial charge in [0.25, 0.3) is 0 Å². The lowest BCUT2D eigenvalue weighted by Crippen LogP contribution is -2.34. The van der Waals surface area contributed by atoms with E-state index in [1.807, 2.05) is 0 Å². The summed E-state index contributed by atoms with van der Waals surface area (Å²) in [4.78, 5) is 39.0. The van der Waals surface area contributed by atoms with Gasteiger partial charge in [0.15, 0.2) is 29.0 Å². The Hall–Kier alpha value is -4.65. The summed E-state index contributed by atoms with van der Waals surface area (Å²) in [5, 5.41) is 22.0. The predicted molar refractivity (Wildman–Crippen MR) is 134 cm³/mol. The van der Waals surface area contributed by atoms with Crippen LogP contribution in [0.2, 0.25) is 0 Å². The van der Waals surface area contributed by atoms with Crippen molar-refractivity contribution in [3.63, 3.8) is 0 Å². The molecule has 3 aromatic carbocycles. The van der Waals surface area contributed by atoms with Crippen molar-refractivity contribution in [1.82, 2.24) is 0 Å². The Morgan fingerprint density at radius 1 is 0.829 bits per heavy atom. The molecular weight excluding hydrogens is 446 g/mol. The van der Waals surface area contributed by atoms with E-state index in [1.54, 1.807) is 55.5 Å². The van der Waals surface area contributed by atoms with E-state index in [-0.39, 0.29) is 17.2 Å². The third-order valence-corrected chi connectivity index (χ3v) is 5.18. The second-order valence-corrected chi connectivity index (χ2v) is 7.74. The smallest absolute Gasteiger partial charge is 0.243 e. The summed E-state index contributed by atoms with van der Waals surface area (Å²) in [6.45, 7) is 1.72. The van der Waals surface area contributed by atoms with E-state index in [9.17, 15) is 24.6 Å². The third kappa shape index (κ3) is 6.68. The molecule has 7 nitrogen and oxygen atoms in total. The highest BCUT2D eigenvalue weighted by molar-refractivity contribution is 6.28. The van der Waals surface area contributed by atoms with E-state index in [0.717, 1.165) is 6.08 Å². The molecule has 0 aliphatic rings. The van der Waals surface area contributed by atoms with Crippen LogP contribution >= 0.6 is 0 Å². The lowest BCUT2D eigenvalue weighted by atomic mass is 9.95. The van der Waals surface area contributed by atoms with Crippen LogP contribution in [-0.4, -0.2) is 34.8 Å². The highest BCUT2D eigenvalue weighted by Gasteiger charge is 2.31. The number of methoxy groups -OCH3 is 1. The second-order valence-electron chi connectivity index (χ2n) is 7.74. The zero-order valence-corrected chi connectivity index (χ0v) is 19.3. The Bertz CT molecular complexity index is 1290. The predicted octanol–water partition coefficient (Wildman–Crippen LogP) is 4.53. The number of ketones is 2. The standard InChI is InChI=1S/C28H25NO6/c1-18-16-19(8-12-22(18)30)10-14-24(32)27(28(34)29-21-6-4-3-5-7-21)25(33)15-11-20-9-13-23(31)26(17-20)35-2/h3-17,27,30-31H,1-2H3,(H,29,34). The summed E-state index contributed by atoms with van der Waals surface area (Å²) in [6, 6.07) is 17.8. The Labute approximate surface area is 203 Å². The molecular formula is C28H25NO6. The van der Waals surface area contributed by atoms with Gasteiger partial charge in [0.2, 0.25) is 5.91 Å². The van der Waals surface area contributed by atoms with Crippen molar-refractivity contribution in [2.75, 3.05) is 12.4 Å². The fourth-order valence-corrected chi connectivity index (χ4v) is 3.26. The Balaban J connectivity index is 1.86. The number of aryl methyl sites for hydroxylation is 1. The summed E-state index contributed by atoms with van der Waals surface area (Å²) >= 11 is 0. The SMILES string of the molecule is COc1cc(C=CC(=O)C(C(=O)C=Cc2ccc(O)c(C)c2)C(=O)Nc2ccccc2)ccc1O. The van der Waals surface area contributed by atoms with Gasteiger partial charge in [0, 0.05) is 5.69 Å². The lowest BCUT2D eigenvalue weighted by Gasteiger charge is -2.12. The average Bonchev–Trinajstić information content (AvgIpc) is 2.85. The molecule has 0 fully saturated rings. The van der Waals surface area contributed by atoms with E-state index < -0.39 is 23.4 Å². The molecule has 0 saturated carbocycles. The molecule has 0 aliphatic heterocycles. The number of phenols is 2. The van der Waals surface area contributed by atoms with Gasteiger partial charge >= 0.3 is 0 Å². The number of phenolic OH excluding ortho intramolecular Hbond substituents is 2. The number of carbonyl (C=O) groups excluding carboxylic acids is 3. The minimum atomic E-state index is -1.61. The van der Waals surface area contributed by atoms with Crippen LogP contribution in [0.25, 0.3) is 12.2 Å². The van der Waals surface area contributed by atoms with Gasteiger partial charge in [0.1, 0.15) is 5.75 Å². The summed E-state index contributed by atoms with van der Waals surface area (Å²) in [6.07, 6.45) is 5.25. The van der Waals surface area contributed by atoms with Gasteiger partial charge in [0.05, 0.1) is 7.11 Å². The van der Waals surface area contributed by atoms with Crippen LogP contribution in [0, 0.1) is 12.8 Å². The van der Waals surface area contributed by atoms with Gasteiger partial charge in [-0.25, -0.2) is 0 Å². The monoisotopic (exact) mass is 471 g/mol. The van der Waals surface area contributed by atoms with Crippen LogP contribution in [0.5, 0.6) is 17.2 Å². The molecule has 7 heteroatoms. The van der Waals surface area contributed by atoms with Crippen LogP contribution in [0.15, 0.2) is 78.9 Å². The molecule has 1 atom stereocenters. The van der Waals surface area contributed by atoms with Crippen LogP contribution in [0.4, 0.5) is 5.69 Å². The Morgan fingerprint density at radius 2 is 1.40 bits per heavy atom. The number of allylic oxidation sites excluding steroid dienone is 2. The van der Waals surface area contributed by atoms with E-state index >= 15 is 0 Å². The van der Waals surface area contributed by atoms with E-state index in [4.69, 9.17) is 4.74 Å². The van der Waals surface area contributed by atoms with Crippen molar-refractivity contribution in [2.24, 2.45) is 5.92 Å². The highest BCUT2D eigenvalue weighted by atomic mass is 16.5. The first-order valence-electron chi connectivity index (χ1n) is 10.7. The number of hydrogen-bond acceptors (Lipinski definition) is 6. The molecule has 178 valence electrons. The van der Waals surface area contributed by atoms with Gasteiger partial charge in [-0.1, -0.05) is 42.5 Å². The normalized spacial score (nSPS) is 11.9. The summed E-state index contributed by atoms with van der Waals surface area (Å²) < 4.78 is 5.06. The molecule has 0 bridgehead atoms. The number of para-hydroxylation sites is 1. The van der Waals surface area contributed by atoms with Crippen molar-refractivity contribution in [3.05, 3.63) is 95.6 Å². The van der Waals surface area contributed by atoms with E-state index in [0.29, 0.717) is 22.4 Å². The first kappa shape index (κ1) is 25.0. The molecule has 3 rings (SSSR count). The van der Waals surface area contributed by atoms with Crippen LogP contribution in [-0.2, 0) is 14.4 Å². The number of benzene rings is 3. The molecule has 0 saturated heterocycles. The fraction of sp³-hybridized carbons (Fsp3) is 0.107. The van der Waals surface area contributed by atoms with Crippen molar-refractivity contribution >= 4 is 35.3 Å². The molecule has 1 unspecified atom stereocenters. The molecule has 0 aliphatic carbocycles. The van der Waals surface area contributed by atoms with Crippen LogP contribution in [0.3, 0.4) is 0 Å². The maximum atomic E-state index is 13.0. The molecule has 0 spiro atoms. The van der Waals surface area contributed by atoms with Crippen molar-refractivity contribution in [2.45, 2.75) is 6.92 Å². The molecule has 3 aromatic rings. The Kier molecular flexibility index (Phi) is 8.19. The van der Waals surface area contributed by atoms with E-state index in [1.165, 1.54) is 43.5 Å². The van der Waals surface area contributed by atoms with Crippen molar-refractivity contribution in [3.8, 4) is 17.2 Å². The second kappa shape index (κ2) is 11.5. The number of ether oxygens (including phenoxy) is 1. The van der Waals surface area contributed by atoms with Crippen LogP contribution in [0.1, 0.15) is 16.7 Å². The third-order valence-electron chi connectivity index (χ3n) is 5.18. The number of nitrogens with one attached hydrogen (secondary N) is 1. The maximum absolute atomic E-state index is 13.0. The molecule has 0 aromatic heterocycles. The zero-order valence-electron chi connectivity index (χ0n) is 19.3. The van der Waals surface area contributed by atoms with Gasteiger partial charge in [-0.15, -0.1) is 0 Å². The molecule has 1 amide bonds. The average molecular weight is 472 g/mol. The number of carbonyl (C=O) groups is 3.